The van der Waals surface area contributed by atoms with Crippen LogP contribution >= 0.6 is 0 Å². The fourth-order valence-electron chi connectivity index (χ4n) is 4.58. The van der Waals surface area contributed by atoms with Gasteiger partial charge in [-0.05, 0) is 42.7 Å². The molecule has 0 radical (unpaired) electrons. The molecule has 0 aromatic heterocycles. The molecule has 3 atom stereocenters. The van der Waals surface area contributed by atoms with Gasteiger partial charge >= 0.3 is 0 Å². The molecule has 2 heteroatoms. The molecule has 2 bridgehead atoms. The zero-order valence-electron chi connectivity index (χ0n) is 11.4. The zero-order chi connectivity index (χ0) is 12.9. The highest BCUT2D eigenvalue weighted by molar-refractivity contribution is 5.36. The molecule has 1 saturated carbocycles. The first-order chi connectivity index (χ1) is 9.22. The van der Waals surface area contributed by atoms with E-state index in [1.165, 1.54) is 30.4 Å². The van der Waals surface area contributed by atoms with Crippen LogP contribution in [0.25, 0.3) is 0 Å². The number of aliphatic hydroxyl groups is 1. The summed E-state index contributed by atoms with van der Waals surface area (Å²) < 4.78 is 6.41. The van der Waals surface area contributed by atoms with Crippen LogP contribution < -0.4 is 0 Å². The molecule has 2 aliphatic heterocycles. The summed E-state index contributed by atoms with van der Waals surface area (Å²) in [6, 6.07) is 8.71. The average Bonchev–Trinajstić information content (AvgIpc) is 2.53. The second-order valence-corrected chi connectivity index (χ2v) is 6.58. The Bertz CT molecular complexity index is 498. The highest BCUT2D eigenvalue weighted by Crippen LogP contribution is 2.55. The Morgan fingerprint density at radius 3 is 2.89 bits per heavy atom. The number of hydrogen-bond acceptors (Lipinski definition) is 2. The Morgan fingerprint density at radius 2 is 1.95 bits per heavy atom. The predicted molar refractivity (Wildman–Crippen MR) is 73.7 cm³/mol. The molecule has 2 fully saturated rings. The fraction of sp³-hybridized carbons (Fsp3) is 0.647. The molecule has 0 amide bonds. The van der Waals surface area contributed by atoms with Gasteiger partial charge in [-0.15, -0.1) is 0 Å². The summed E-state index contributed by atoms with van der Waals surface area (Å²) in [5.74, 6) is -0.284. The van der Waals surface area contributed by atoms with Crippen LogP contribution in [0.3, 0.4) is 0 Å². The summed E-state index contributed by atoms with van der Waals surface area (Å²) in [5.41, 5.74) is 2.57. The lowest BCUT2D eigenvalue weighted by molar-refractivity contribution is -0.320. The van der Waals surface area contributed by atoms with Gasteiger partial charge < -0.3 is 9.84 Å². The first-order valence-corrected chi connectivity index (χ1v) is 7.73. The number of rotatable bonds is 0. The summed E-state index contributed by atoms with van der Waals surface area (Å²) in [6.45, 7) is 0. The topological polar surface area (TPSA) is 29.5 Å². The van der Waals surface area contributed by atoms with E-state index in [4.69, 9.17) is 4.74 Å². The van der Waals surface area contributed by atoms with Gasteiger partial charge in [0.1, 0.15) is 0 Å². The largest absolute Gasteiger partial charge is 0.365 e. The van der Waals surface area contributed by atoms with E-state index in [1.807, 2.05) is 0 Å². The van der Waals surface area contributed by atoms with Crippen molar-refractivity contribution in [2.24, 2.45) is 5.92 Å². The van der Waals surface area contributed by atoms with Crippen LogP contribution in [0.15, 0.2) is 24.3 Å². The maximum Gasteiger partial charge on any atom is 0.166 e. The summed E-state index contributed by atoms with van der Waals surface area (Å²) in [4.78, 5) is 0. The molecular weight excluding hydrogens is 236 g/mol. The molecule has 19 heavy (non-hydrogen) atoms. The number of aryl methyl sites for hydroxylation is 1. The number of hydrogen-bond donors (Lipinski definition) is 1. The molecule has 1 aromatic carbocycles. The number of fused-ring (bicyclic) bond motifs is 2. The lowest BCUT2D eigenvalue weighted by Crippen LogP contribution is -2.52. The van der Waals surface area contributed by atoms with Gasteiger partial charge in [-0.3, -0.25) is 0 Å². The van der Waals surface area contributed by atoms with E-state index < -0.39 is 5.79 Å². The van der Waals surface area contributed by atoms with Crippen LogP contribution in [0, 0.1) is 5.92 Å². The van der Waals surface area contributed by atoms with Crippen molar-refractivity contribution in [3.63, 3.8) is 0 Å². The van der Waals surface area contributed by atoms with E-state index in [1.54, 1.807) is 0 Å². The molecular formula is C17H22O2. The van der Waals surface area contributed by atoms with Gasteiger partial charge in [0, 0.05) is 12.8 Å². The molecule has 1 aromatic rings. The monoisotopic (exact) mass is 258 g/mol. The van der Waals surface area contributed by atoms with Gasteiger partial charge in [-0.25, -0.2) is 0 Å². The summed E-state index contributed by atoms with van der Waals surface area (Å²) in [7, 11) is 0. The molecule has 1 N–H and O–H groups in total. The van der Waals surface area contributed by atoms with Crippen LogP contribution in [-0.2, 0) is 16.8 Å². The molecule has 2 heterocycles. The smallest absolute Gasteiger partial charge is 0.166 e. The van der Waals surface area contributed by atoms with Gasteiger partial charge in [0.2, 0.25) is 0 Å². The first-order valence-electron chi connectivity index (χ1n) is 7.73. The molecule has 3 aliphatic rings. The summed E-state index contributed by atoms with van der Waals surface area (Å²) in [5, 5.41) is 10.8. The first kappa shape index (κ1) is 11.9. The van der Waals surface area contributed by atoms with Gasteiger partial charge in [0.25, 0.3) is 0 Å². The molecule has 0 unspecified atom stereocenters. The Balaban J connectivity index is 1.89. The van der Waals surface area contributed by atoms with E-state index in [9.17, 15) is 5.11 Å². The maximum atomic E-state index is 10.8. The lowest BCUT2D eigenvalue weighted by Gasteiger charge is -2.52. The molecule has 2 nitrogen and oxygen atoms in total. The highest BCUT2D eigenvalue weighted by atomic mass is 16.6. The summed E-state index contributed by atoms with van der Waals surface area (Å²) in [6.07, 6.45) is 8.50. The van der Waals surface area contributed by atoms with Crippen LogP contribution in [0.1, 0.15) is 56.1 Å². The van der Waals surface area contributed by atoms with Crippen molar-refractivity contribution in [2.75, 3.05) is 0 Å². The van der Waals surface area contributed by atoms with E-state index >= 15 is 0 Å². The van der Waals surface area contributed by atoms with Crippen molar-refractivity contribution in [1.29, 1.82) is 0 Å². The SMILES string of the molecule is O[C@]12CCc3ccccc3[C@@]3(CCCC[C@H]3CC1)O2. The minimum atomic E-state index is -0.882. The second kappa shape index (κ2) is 4.07. The Morgan fingerprint density at radius 1 is 1.05 bits per heavy atom. The standard InChI is InChI=1S/C17H22O2/c18-16-11-8-13-5-1-2-7-15(13)17(19-16)10-4-3-6-14(17)9-12-16/h1-2,5,7,14,18H,3-4,6,8-12H2/t14-,16-,17-/m0/s1. The molecule has 102 valence electrons. The third-order valence-corrected chi connectivity index (χ3v) is 5.52. The third-order valence-electron chi connectivity index (χ3n) is 5.52. The van der Waals surface area contributed by atoms with Crippen molar-refractivity contribution in [3.05, 3.63) is 35.4 Å². The number of ether oxygens (including phenoxy) is 1. The van der Waals surface area contributed by atoms with Crippen LogP contribution in [-0.4, -0.2) is 10.9 Å². The van der Waals surface area contributed by atoms with Crippen LogP contribution in [0.5, 0.6) is 0 Å². The Kier molecular flexibility index (Phi) is 2.55. The van der Waals surface area contributed by atoms with E-state index in [0.717, 1.165) is 32.1 Å². The third kappa shape index (κ3) is 1.70. The molecule has 1 saturated heterocycles. The van der Waals surface area contributed by atoms with Gasteiger partial charge in [-0.1, -0.05) is 37.1 Å². The normalized spacial score (nSPS) is 41.0. The van der Waals surface area contributed by atoms with Gasteiger partial charge in [-0.2, -0.15) is 0 Å². The van der Waals surface area contributed by atoms with Crippen LogP contribution in [0.4, 0.5) is 0 Å². The number of benzene rings is 1. The van der Waals surface area contributed by atoms with Gasteiger partial charge in [0.05, 0.1) is 5.60 Å². The second-order valence-electron chi connectivity index (χ2n) is 6.58. The molecule has 1 aliphatic carbocycles. The molecule has 1 spiro atoms. The van der Waals surface area contributed by atoms with Crippen molar-refractivity contribution < 1.29 is 9.84 Å². The summed E-state index contributed by atoms with van der Waals surface area (Å²) >= 11 is 0. The lowest BCUT2D eigenvalue weighted by atomic mass is 9.67. The van der Waals surface area contributed by atoms with Gasteiger partial charge in [0.15, 0.2) is 5.79 Å². The Hall–Kier alpha value is -0.860. The fourth-order valence-corrected chi connectivity index (χ4v) is 4.58. The minimum absolute atomic E-state index is 0.196. The van der Waals surface area contributed by atoms with Crippen molar-refractivity contribution >= 4 is 0 Å². The average molecular weight is 258 g/mol. The predicted octanol–water partition coefficient (Wildman–Crippen LogP) is 3.52. The van der Waals surface area contributed by atoms with E-state index in [0.29, 0.717) is 5.92 Å². The van der Waals surface area contributed by atoms with E-state index in [-0.39, 0.29) is 5.60 Å². The zero-order valence-corrected chi connectivity index (χ0v) is 11.4. The maximum absolute atomic E-state index is 10.8. The highest BCUT2D eigenvalue weighted by Gasteiger charge is 2.54. The van der Waals surface area contributed by atoms with Crippen LogP contribution in [0.2, 0.25) is 0 Å². The molecule has 4 rings (SSSR count). The Labute approximate surface area is 114 Å². The van der Waals surface area contributed by atoms with E-state index in [2.05, 4.69) is 24.3 Å². The quantitative estimate of drug-likeness (QED) is 0.771. The van der Waals surface area contributed by atoms with Crippen molar-refractivity contribution in [2.45, 2.75) is 62.8 Å². The van der Waals surface area contributed by atoms with Crippen molar-refractivity contribution in [1.82, 2.24) is 0 Å². The van der Waals surface area contributed by atoms with Crippen molar-refractivity contribution in [3.8, 4) is 0 Å². The minimum Gasteiger partial charge on any atom is -0.365 e.